The highest BCUT2D eigenvalue weighted by Gasteiger charge is 2.26. The molecule has 3 rings (SSSR count). The fourth-order valence-electron chi connectivity index (χ4n) is 1.71. The molecule has 0 bridgehead atoms. The fourth-order valence-corrected chi connectivity index (χ4v) is 1.71. The topological polar surface area (TPSA) is 107 Å². The number of hydrogen-bond donors (Lipinski definition) is 2. The number of fused-ring (bicyclic) bond motifs is 1. The van der Waals surface area contributed by atoms with Crippen LogP contribution in [0.5, 0.6) is 5.75 Å². The van der Waals surface area contributed by atoms with Crippen LogP contribution in [0.15, 0.2) is 12.1 Å². The minimum absolute atomic E-state index is 0.0141. The second-order valence-electron chi connectivity index (χ2n) is 3.62. The Labute approximate surface area is 122 Å². The van der Waals surface area contributed by atoms with E-state index in [1.54, 1.807) is 12.1 Å². The second-order valence-corrected chi connectivity index (χ2v) is 3.62. The van der Waals surface area contributed by atoms with Gasteiger partial charge in [0, 0.05) is 0 Å². The highest BCUT2D eigenvalue weighted by molar-refractivity contribution is 5.95. The fraction of sp³-hybridized carbons (Fsp3) is 0.308. The van der Waals surface area contributed by atoms with Crippen molar-refractivity contribution in [3.63, 3.8) is 0 Å². The molecule has 2 aliphatic heterocycles. The van der Waals surface area contributed by atoms with Crippen LogP contribution in [0, 0.1) is 12.8 Å². The summed E-state index contributed by atoms with van der Waals surface area (Å²) in [5.74, 6) is 1.02. The molecule has 0 radical (unpaired) electrons. The van der Waals surface area contributed by atoms with Gasteiger partial charge in [0.05, 0.1) is 6.54 Å². The third-order valence-corrected chi connectivity index (χ3v) is 2.50. The first-order valence-corrected chi connectivity index (χ1v) is 6.03. The predicted octanol–water partition coefficient (Wildman–Crippen LogP) is 0.193. The highest BCUT2D eigenvalue weighted by Crippen LogP contribution is 2.29. The van der Waals surface area contributed by atoms with Crippen molar-refractivity contribution in [1.82, 2.24) is 4.98 Å². The first-order valence-electron chi connectivity index (χ1n) is 6.03. The van der Waals surface area contributed by atoms with Crippen LogP contribution in [0.1, 0.15) is 0 Å². The summed E-state index contributed by atoms with van der Waals surface area (Å²) in [4.78, 5) is 28.1. The number of rotatable bonds is 1. The lowest BCUT2D eigenvalue weighted by atomic mass is 10.3. The average molecular weight is 292 g/mol. The second kappa shape index (κ2) is 7.72. The molecule has 0 aliphatic carbocycles. The molecule has 1 saturated heterocycles. The zero-order chi connectivity index (χ0) is 15.8. The third kappa shape index (κ3) is 3.61. The lowest BCUT2D eigenvalue weighted by Crippen LogP contribution is -2.28. The van der Waals surface area contributed by atoms with Crippen LogP contribution in [0.3, 0.4) is 0 Å². The smallest absolute Gasteiger partial charge is 0.415 e. The summed E-state index contributed by atoms with van der Waals surface area (Å²) in [5, 5.41) is 2.58. The predicted molar refractivity (Wildman–Crippen MR) is 77.1 cm³/mol. The quantitative estimate of drug-likeness (QED) is 0.716. The van der Waals surface area contributed by atoms with Crippen molar-refractivity contribution in [2.24, 2.45) is 5.73 Å². The zero-order valence-electron chi connectivity index (χ0n) is 11.5. The van der Waals surface area contributed by atoms with Crippen LogP contribution >= 0.6 is 0 Å². The van der Waals surface area contributed by atoms with Gasteiger partial charge < -0.3 is 20.5 Å². The van der Waals surface area contributed by atoms with Crippen LogP contribution in [0.2, 0.25) is 0 Å². The first-order chi connectivity index (χ1) is 10.2. The maximum Gasteiger partial charge on any atom is 0.415 e. The molecule has 112 valence electrons. The van der Waals surface area contributed by atoms with E-state index in [0.29, 0.717) is 30.5 Å². The SMILES string of the molecule is C#C.CN.O=C1COc2ccc(N3CCOC3=O)nc2N1. The van der Waals surface area contributed by atoms with Gasteiger partial charge in [-0.05, 0) is 19.2 Å². The van der Waals surface area contributed by atoms with Crippen molar-refractivity contribution >= 4 is 23.6 Å². The van der Waals surface area contributed by atoms with Crippen molar-refractivity contribution in [2.45, 2.75) is 0 Å². The molecule has 1 fully saturated rings. The number of cyclic esters (lactones) is 1. The monoisotopic (exact) mass is 292 g/mol. The largest absolute Gasteiger partial charge is 0.480 e. The Morgan fingerprint density at radius 2 is 2.00 bits per heavy atom. The molecule has 0 saturated carbocycles. The van der Waals surface area contributed by atoms with Crippen LogP contribution in [-0.2, 0) is 9.53 Å². The minimum Gasteiger partial charge on any atom is -0.480 e. The van der Waals surface area contributed by atoms with Crippen LogP contribution < -0.4 is 20.7 Å². The molecule has 3 heterocycles. The summed E-state index contributed by atoms with van der Waals surface area (Å²) in [5.41, 5.74) is 4.50. The molecule has 0 atom stereocenters. The van der Waals surface area contributed by atoms with E-state index in [9.17, 15) is 9.59 Å². The Morgan fingerprint density at radius 3 is 2.62 bits per heavy atom. The van der Waals surface area contributed by atoms with Gasteiger partial charge in [-0.3, -0.25) is 9.69 Å². The summed E-state index contributed by atoms with van der Waals surface area (Å²) >= 11 is 0. The van der Waals surface area contributed by atoms with E-state index in [4.69, 9.17) is 9.47 Å². The van der Waals surface area contributed by atoms with Gasteiger partial charge in [-0.25, -0.2) is 9.78 Å². The van der Waals surface area contributed by atoms with Gasteiger partial charge in [-0.2, -0.15) is 0 Å². The van der Waals surface area contributed by atoms with E-state index < -0.39 is 6.09 Å². The van der Waals surface area contributed by atoms with Gasteiger partial charge in [0.2, 0.25) is 0 Å². The molecule has 2 aliphatic rings. The summed E-state index contributed by atoms with van der Waals surface area (Å²) in [6.45, 7) is 0.791. The van der Waals surface area contributed by atoms with E-state index in [1.807, 2.05) is 0 Å². The molecule has 0 aromatic carbocycles. The number of ether oxygens (including phenoxy) is 2. The molecule has 21 heavy (non-hydrogen) atoms. The Hall–Kier alpha value is -2.79. The summed E-state index contributed by atoms with van der Waals surface area (Å²) in [6, 6.07) is 3.32. The molecule has 1 aromatic heterocycles. The number of carbonyl (C=O) groups excluding carboxylic acids is 2. The molecular weight excluding hydrogens is 276 g/mol. The number of terminal acetylenes is 1. The van der Waals surface area contributed by atoms with Crippen molar-refractivity contribution in [2.75, 3.05) is 37.0 Å². The molecule has 8 heteroatoms. The standard InChI is InChI=1S/C10H9N3O4.C2H2.CH5N/c14-8-5-17-6-1-2-7(11-9(6)12-8)13-3-4-16-10(13)15;2*1-2/h1-2H,3-5H2,(H,11,12,14);1-2H;2H2,1H3. The van der Waals surface area contributed by atoms with E-state index in [-0.39, 0.29) is 12.5 Å². The van der Waals surface area contributed by atoms with Gasteiger partial charge in [0.1, 0.15) is 12.4 Å². The molecule has 0 spiro atoms. The number of nitrogens with two attached hydrogens (primary N) is 1. The number of hydrogen-bond acceptors (Lipinski definition) is 6. The van der Waals surface area contributed by atoms with E-state index in [0.717, 1.165) is 0 Å². The molecule has 0 unspecified atom stereocenters. The third-order valence-electron chi connectivity index (χ3n) is 2.50. The van der Waals surface area contributed by atoms with Gasteiger partial charge in [-0.15, -0.1) is 12.8 Å². The van der Waals surface area contributed by atoms with Crippen molar-refractivity contribution in [1.29, 1.82) is 0 Å². The van der Waals surface area contributed by atoms with Crippen molar-refractivity contribution in [3.8, 4) is 18.6 Å². The highest BCUT2D eigenvalue weighted by atomic mass is 16.6. The summed E-state index contributed by atoms with van der Waals surface area (Å²) in [7, 11) is 1.50. The van der Waals surface area contributed by atoms with Crippen LogP contribution in [0.4, 0.5) is 16.4 Å². The maximum absolute atomic E-state index is 11.4. The van der Waals surface area contributed by atoms with E-state index >= 15 is 0 Å². The van der Waals surface area contributed by atoms with Gasteiger partial charge >= 0.3 is 6.09 Å². The summed E-state index contributed by atoms with van der Waals surface area (Å²) < 4.78 is 9.98. The lowest BCUT2D eigenvalue weighted by molar-refractivity contribution is -0.118. The molecule has 3 N–H and O–H groups in total. The van der Waals surface area contributed by atoms with Crippen LogP contribution in [-0.4, -0.2) is 43.8 Å². The minimum atomic E-state index is -0.430. The Balaban J connectivity index is 0.000000510. The van der Waals surface area contributed by atoms with Gasteiger partial charge in [0.25, 0.3) is 5.91 Å². The number of anilines is 2. The van der Waals surface area contributed by atoms with Gasteiger partial charge in [0.15, 0.2) is 18.2 Å². The Morgan fingerprint density at radius 1 is 1.29 bits per heavy atom. The Bertz CT molecular complexity index is 544. The van der Waals surface area contributed by atoms with E-state index in [2.05, 4.69) is 28.9 Å². The molecule has 2 amide bonds. The van der Waals surface area contributed by atoms with Crippen molar-refractivity contribution in [3.05, 3.63) is 12.1 Å². The number of pyridine rings is 1. The Kier molecular flexibility index (Phi) is 5.98. The number of amides is 2. The number of nitrogens with one attached hydrogen (secondary N) is 1. The van der Waals surface area contributed by atoms with E-state index in [1.165, 1.54) is 11.9 Å². The average Bonchev–Trinajstić information content (AvgIpc) is 2.96. The lowest BCUT2D eigenvalue weighted by Gasteiger charge is -2.19. The zero-order valence-corrected chi connectivity index (χ0v) is 11.5. The molecular formula is C13H16N4O4. The first kappa shape index (κ1) is 16.3. The van der Waals surface area contributed by atoms with Crippen LogP contribution in [0.25, 0.3) is 0 Å². The number of aromatic nitrogens is 1. The maximum atomic E-state index is 11.4. The number of nitrogens with zero attached hydrogens (tertiary/aromatic N) is 2. The molecule has 8 nitrogen and oxygen atoms in total. The molecule has 1 aromatic rings. The van der Waals surface area contributed by atoms with Crippen molar-refractivity contribution < 1.29 is 19.1 Å². The summed E-state index contributed by atoms with van der Waals surface area (Å²) in [6.07, 6.45) is 7.57. The number of carbonyl (C=O) groups is 2. The normalized spacial score (nSPS) is 15.1. The van der Waals surface area contributed by atoms with Gasteiger partial charge in [-0.1, -0.05) is 0 Å².